The zero-order valence-electron chi connectivity index (χ0n) is 6.66. The quantitative estimate of drug-likeness (QED) is 0.633. The van der Waals surface area contributed by atoms with Crippen molar-refractivity contribution in [3.63, 3.8) is 0 Å². The lowest BCUT2D eigenvalue weighted by atomic mass is 10.0. The molecular formula is C7H14F2N2. The van der Waals surface area contributed by atoms with Crippen LogP contribution in [-0.4, -0.2) is 32.6 Å². The van der Waals surface area contributed by atoms with Crippen molar-refractivity contribution in [1.82, 2.24) is 10.6 Å². The van der Waals surface area contributed by atoms with Gasteiger partial charge in [0.1, 0.15) is 0 Å². The van der Waals surface area contributed by atoms with Gasteiger partial charge < -0.3 is 10.6 Å². The fourth-order valence-corrected chi connectivity index (χ4v) is 1.40. The average molecular weight is 164 g/mol. The van der Waals surface area contributed by atoms with Crippen molar-refractivity contribution < 1.29 is 8.78 Å². The Morgan fingerprint density at radius 2 is 2.36 bits per heavy atom. The van der Waals surface area contributed by atoms with Crippen LogP contribution in [0.5, 0.6) is 0 Å². The Bertz CT molecular complexity index is 122. The Balaban J connectivity index is 2.41. The van der Waals surface area contributed by atoms with Gasteiger partial charge in [-0.05, 0) is 20.0 Å². The highest BCUT2D eigenvalue weighted by atomic mass is 19.3. The Morgan fingerprint density at radius 3 is 2.82 bits per heavy atom. The molecule has 2 N–H and O–H groups in total. The minimum absolute atomic E-state index is 0.209. The summed E-state index contributed by atoms with van der Waals surface area (Å²) >= 11 is 0. The van der Waals surface area contributed by atoms with Gasteiger partial charge in [-0.2, -0.15) is 0 Å². The second kappa shape index (κ2) is 3.45. The topological polar surface area (TPSA) is 24.1 Å². The van der Waals surface area contributed by atoms with Crippen LogP contribution in [0.15, 0.2) is 0 Å². The number of hydrogen-bond acceptors (Lipinski definition) is 2. The molecule has 1 atom stereocenters. The highest BCUT2D eigenvalue weighted by molar-refractivity contribution is 4.84. The molecule has 0 spiro atoms. The van der Waals surface area contributed by atoms with Crippen LogP contribution >= 0.6 is 0 Å². The monoisotopic (exact) mass is 164 g/mol. The van der Waals surface area contributed by atoms with E-state index < -0.39 is 11.8 Å². The summed E-state index contributed by atoms with van der Waals surface area (Å²) < 4.78 is 26.1. The Hall–Kier alpha value is -0.220. The van der Waals surface area contributed by atoms with Crippen molar-refractivity contribution in [2.24, 2.45) is 5.92 Å². The van der Waals surface area contributed by atoms with Crippen LogP contribution in [0.3, 0.4) is 0 Å². The van der Waals surface area contributed by atoms with E-state index in [0.717, 1.165) is 6.54 Å². The summed E-state index contributed by atoms with van der Waals surface area (Å²) in [7, 11) is 1.55. The molecule has 0 aromatic heterocycles. The van der Waals surface area contributed by atoms with Gasteiger partial charge in [-0.25, -0.2) is 8.78 Å². The van der Waals surface area contributed by atoms with Crippen LogP contribution in [0.1, 0.15) is 6.42 Å². The van der Waals surface area contributed by atoms with Gasteiger partial charge in [-0.15, -0.1) is 0 Å². The maximum absolute atomic E-state index is 13.0. The molecule has 1 fully saturated rings. The summed E-state index contributed by atoms with van der Waals surface area (Å²) in [5.74, 6) is -3.02. The molecule has 2 nitrogen and oxygen atoms in total. The predicted molar refractivity (Wildman–Crippen MR) is 39.9 cm³/mol. The maximum atomic E-state index is 13.0. The summed E-state index contributed by atoms with van der Waals surface area (Å²) in [5, 5.41) is 5.44. The minimum Gasteiger partial charge on any atom is -0.316 e. The summed E-state index contributed by atoms with van der Waals surface area (Å²) in [6.45, 7) is 0.970. The number of halogens is 2. The van der Waals surface area contributed by atoms with Gasteiger partial charge in [0.05, 0.1) is 6.54 Å². The van der Waals surface area contributed by atoms with Crippen molar-refractivity contribution in [2.45, 2.75) is 12.3 Å². The molecular weight excluding hydrogens is 150 g/mol. The predicted octanol–water partition coefficient (Wildman–Crippen LogP) is 0.451. The highest BCUT2D eigenvalue weighted by Crippen LogP contribution is 2.28. The van der Waals surface area contributed by atoms with Gasteiger partial charge >= 0.3 is 0 Å². The fourth-order valence-electron chi connectivity index (χ4n) is 1.40. The van der Waals surface area contributed by atoms with E-state index in [4.69, 9.17) is 0 Å². The molecule has 0 aliphatic carbocycles. The third kappa shape index (κ3) is 2.10. The highest BCUT2D eigenvalue weighted by Gasteiger charge is 2.39. The zero-order chi connectivity index (χ0) is 8.32. The molecule has 1 rings (SSSR count). The van der Waals surface area contributed by atoms with E-state index >= 15 is 0 Å². The van der Waals surface area contributed by atoms with Crippen molar-refractivity contribution in [2.75, 3.05) is 26.7 Å². The molecule has 1 aliphatic rings. The third-order valence-electron chi connectivity index (χ3n) is 2.07. The van der Waals surface area contributed by atoms with Crippen LogP contribution in [0, 0.1) is 5.92 Å². The summed E-state index contributed by atoms with van der Waals surface area (Å²) in [5.41, 5.74) is 0. The van der Waals surface area contributed by atoms with Gasteiger partial charge in [0.25, 0.3) is 5.92 Å². The van der Waals surface area contributed by atoms with E-state index in [0.29, 0.717) is 13.0 Å². The van der Waals surface area contributed by atoms with Gasteiger partial charge in [-0.3, -0.25) is 0 Å². The van der Waals surface area contributed by atoms with E-state index in [9.17, 15) is 8.78 Å². The van der Waals surface area contributed by atoms with Crippen LogP contribution in [-0.2, 0) is 0 Å². The van der Waals surface area contributed by atoms with Crippen LogP contribution < -0.4 is 10.6 Å². The van der Waals surface area contributed by atoms with Gasteiger partial charge in [-0.1, -0.05) is 0 Å². The Morgan fingerprint density at radius 1 is 1.64 bits per heavy atom. The molecule has 11 heavy (non-hydrogen) atoms. The summed E-state index contributed by atoms with van der Waals surface area (Å²) in [6.07, 6.45) is 0.592. The van der Waals surface area contributed by atoms with E-state index in [2.05, 4.69) is 10.6 Å². The van der Waals surface area contributed by atoms with Crippen molar-refractivity contribution in [3.8, 4) is 0 Å². The van der Waals surface area contributed by atoms with Crippen molar-refractivity contribution in [1.29, 1.82) is 0 Å². The lowest BCUT2D eigenvalue weighted by Gasteiger charge is -2.21. The van der Waals surface area contributed by atoms with Gasteiger partial charge in [0.2, 0.25) is 0 Å². The Kier molecular flexibility index (Phi) is 2.78. The molecule has 0 amide bonds. The van der Waals surface area contributed by atoms with Crippen LogP contribution in [0.2, 0.25) is 0 Å². The van der Waals surface area contributed by atoms with E-state index in [1.807, 2.05) is 0 Å². The first-order chi connectivity index (χ1) is 5.17. The molecule has 0 saturated carbocycles. The third-order valence-corrected chi connectivity index (χ3v) is 2.07. The SMILES string of the molecule is CNCC(F)(F)C1CCNC1. The molecule has 66 valence electrons. The molecule has 1 heterocycles. The lowest BCUT2D eigenvalue weighted by Crippen LogP contribution is -2.39. The molecule has 0 aromatic carbocycles. The largest absolute Gasteiger partial charge is 0.316 e. The molecule has 1 unspecified atom stereocenters. The maximum Gasteiger partial charge on any atom is 0.264 e. The molecule has 4 heteroatoms. The van der Waals surface area contributed by atoms with E-state index in [-0.39, 0.29) is 6.54 Å². The number of rotatable bonds is 3. The van der Waals surface area contributed by atoms with Gasteiger partial charge in [0, 0.05) is 12.5 Å². The average Bonchev–Trinajstić information content (AvgIpc) is 2.37. The smallest absolute Gasteiger partial charge is 0.264 e. The zero-order valence-corrected chi connectivity index (χ0v) is 6.66. The molecule has 0 radical (unpaired) electrons. The first-order valence-corrected chi connectivity index (χ1v) is 3.90. The van der Waals surface area contributed by atoms with Crippen molar-refractivity contribution >= 4 is 0 Å². The second-order valence-corrected chi connectivity index (χ2v) is 2.98. The second-order valence-electron chi connectivity index (χ2n) is 2.98. The van der Waals surface area contributed by atoms with Crippen LogP contribution in [0.25, 0.3) is 0 Å². The first-order valence-electron chi connectivity index (χ1n) is 3.90. The molecule has 1 saturated heterocycles. The number of nitrogens with one attached hydrogen (secondary N) is 2. The van der Waals surface area contributed by atoms with Crippen LogP contribution in [0.4, 0.5) is 8.78 Å². The Labute approximate surface area is 65.4 Å². The number of hydrogen-bond donors (Lipinski definition) is 2. The first kappa shape index (κ1) is 8.87. The minimum atomic E-state index is -2.54. The molecule has 0 aromatic rings. The van der Waals surface area contributed by atoms with Gasteiger partial charge in [0.15, 0.2) is 0 Å². The lowest BCUT2D eigenvalue weighted by molar-refractivity contribution is -0.0470. The molecule has 1 aliphatic heterocycles. The normalized spacial score (nSPS) is 25.9. The molecule has 0 bridgehead atoms. The standard InChI is InChI=1S/C7H14F2N2/c1-10-5-7(8,9)6-2-3-11-4-6/h6,10-11H,2-5H2,1H3. The van der Waals surface area contributed by atoms with Crippen molar-refractivity contribution in [3.05, 3.63) is 0 Å². The number of alkyl halides is 2. The van der Waals surface area contributed by atoms with E-state index in [1.165, 1.54) is 0 Å². The summed E-state index contributed by atoms with van der Waals surface area (Å²) in [4.78, 5) is 0. The fraction of sp³-hybridized carbons (Fsp3) is 1.00. The van der Waals surface area contributed by atoms with E-state index in [1.54, 1.807) is 7.05 Å². The summed E-state index contributed by atoms with van der Waals surface area (Å²) in [6, 6.07) is 0.